The molecule has 3 aromatic heterocycles. The molecule has 0 aliphatic carbocycles. The van der Waals surface area contributed by atoms with Gasteiger partial charge in [0.2, 0.25) is 0 Å². The fraction of sp³-hybridized carbons (Fsp3) is 0. The largest absolute Gasteiger partial charge is 0.456 e. The van der Waals surface area contributed by atoms with E-state index in [1.165, 1.54) is 30.9 Å². The zero-order valence-electron chi connectivity index (χ0n) is 31.7. The van der Waals surface area contributed by atoms with Crippen LogP contribution < -0.4 is 9.80 Å². The minimum atomic E-state index is 0.877. The Kier molecular flexibility index (Phi) is 6.85. The van der Waals surface area contributed by atoms with E-state index in [9.17, 15) is 0 Å². The number of benzene rings is 9. The van der Waals surface area contributed by atoms with Crippen LogP contribution in [-0.4, -0.2) is 4.57 Å². The summed E-state index contributed by atoms with van der Waals surface area (Å²) in [6.07, 6.45) is 0. The number of hydrogen-bond donors (Lipinski definition) is 0. The Balaban J connectivity index is 1.19. The standard InChI is InChI=1S/C54H33N3OS/c1-3-13-34(14-4-1)35-29-39-31-40(30-35)56(38-26-28-52-44(33-38)42-18-8-10-24-51(42)59-52)46-20-12-22-48-54(46)53-45(19-11-21-47(53)57(48)36-15-5-2-6-16-36)55(39)37-25-27-50-43(32-37)41-17-7-9-23-49(41)58-50/h1-33H. The van der Waals surface area contributed by atoms with Gasteiger partial charge in [-0.2, -0.15) is 0 Å². The van der Waals surface area contributed by atoms with Crippen molar-refractivity contribution in [1.82, 2.24) is 4.57 Å². The SMILES string of the molecule is c1ccc(-c2cc3cc(c2)N(c2ccc4sc5ccccc5c4c2)c2cccc4c2c2c(cccc2n4-c2ccccc2)N3c2ccc3oc4ccccc4c3c2)cc1. The molecular formula is C54H33N3OS. The summed E-state index contributed by atoms with van der Waals surface area (Å²) in [5.41, 5.74) is 14.1. The summed E-state index contributed by atoms with van der Waals surface area (Å²) < 4.78 is 11.4. The summed E-state index contributed by atoms with van der Waals surface area (Å²) in [6.45, 7) is 0. The highest BCUT2D eigenvalue weighted by Crippen LogP contribution is 2.53. The number of nitrogens with zero attached hydrogens (tertiary/aromatic N) is 3. The first kappa shape index (κ1) is 32.5. The zero-order valence-corrected chi connectivity index (χ0v) is 32.5. The van der Waals surface area contributed by atoms with Crippen molar-refractivity contribution in [3.63, 3.8) is 0 Å². The molecule has 59 heavy (non-hydrogen) atoms. The minimum absolute atomic E-state index is 0.877. The third-order valence-electron chi connectivity index (χ3n) is 12.0. The first-order chi connectivity index (χ1) is 29.2. The third kappa shape index (κ3) is 4.83. The van der Waals surface area contributed by atoms with E-state index in [4.69, 9.17) is 4.42 Å². The fourth-order valence-electron chi connectivity index (χ4n) is 9.51. The lowest BCUT2D eigenvalue weighted by atomic mass is 10.0. The molecule has 1 aliphatic heterocycles. The highest BCUT2D eigenvalue weighted by Gasteiger charge is 2.29. The molecule has 0 saturated heterocycles. The quantitative estimate of drug-likeness (QED) is 0.178. The second-order valence-electron chi connectivity index (χ2n) is 15.3. The molecule has 0 atom stereocenters. The maximum Gasteiger partial charge on any atom is 0.135 e. The van der Waals surface area contributed by atoms with E-state index in [-0.39, 0.29) is 0 Å². The Labute approximate surface area is 343 Å². The fourth-order valence-corrected chi connectivity index (χ4v) is 10.6. The number of para-hydroxylation sites is 2. The number of fused-ring (bicyclic) bond motifs is 8. The van der Waals surface area contributed by atoms with Gasteiger partial charge in [-0.05, 0) is 114 Å². The first-order valence-electron chi connectivity index (χ1n) is 20.0. The van der Waals surface area contributed by atoms with Crippen molar-refractivity contribution in [2.24, 2.45) is 0 Å². The Morgan fingerprint density at radius 2 is 0.915 bits per heavy atom. The van der Waals surface area contributed by atoms with Gasteiger partial charge in [-0.3, -0.25) is 0 Å². The number of aromatic nitrogens is 1. The Morgan fingerprint density at radius 3 is 1.64 bits per heavy atom. The smallest absolute Gasteiger partial charge is 0.135 e. The lowest BCUT2D eigenvalue weighted by molar-refractivity contribution is 0.669. The van der Waals surface area contributed by atoms with Gasteiger partial charge in [0.05, 0.1) is 22.4 Å². The van der Waals surface area contributed by atoms with Crippen LogP contribution in [0.25, 0.3) is 80.7 Å². The van der Waals surface area contributed by atoms with E-state index in [0.29, 0.717) is 0 Å². The highest BCUT2D eigenvalue weighted by atomic mass is 32.1. The lowest BCUT2D eigenvalue weighted by Crippen LogP contribution is -2.13. The van der Waals surface area contributed by atoms with Crippen molar-refractivity contribution < 1.29 is 4.42 Å². The van der Waals surface area contributed by atoms with Crippen LogP contribution in [0, 0.1) is 0 Å². The summed E-state index contributed by atoms with van der Waals surface area (Å²) in [4.78, 5) is 4.95. The molecule has 5 heteroatoms. The summed E-state index contributed by atoms with van der Waals surface area (Å²) in [5, 5.41) is 7.14. The molecule has 0 fully saturated rings. The molecule has 0 amide bonds. The molecule has 0 unspecified atom stereocenters. The van der Waals surface area contributed by atoms with Crippen LogP contribution in [-0.2, 0) is 0 Å². The monoisotopic (exact) mass is 771 g/mol. The second kappa shape index (κ2) is 12.4. The van der Waals surface area contributed by atoms with E-state index in [0.717, 1.165) is 83.9 Å². The van der Waals surface area contributed by atoms with Crippen LogP contribution in [0.2, 0.25) is 0 Å². The van der Waals surface area contributed by atoms with E-state index in [2.05, 4.69) is 208 Å². The number of thiophene rings is 1. The first-order valence-corrected chi connectivity index (χ1v) is 20.8. The predicted molar refractivity (Wildman–Crippen MR) is 249 cm³/mol. The Hall–Kier alpha value is -7.60. The van der Waals surface area contributed by atoms with Gasteiger partial charge >= 0.3 is 0 Å². The second-order valence-corrected chi connectivity index (χ2v) is 16.4. The number of rotatable bonds is 4. The lowest BCUT2D eigenvalue weighted by Gasteiger charge is -2.29. The van der Waals surface area contributed by atoms with Crippen LogP contribution in [0.15, 0.2) is 205 Å². The topological polar surface area (TPSA) is 24.6 Å². The van der Waals surface area contributed by atoms with E-state index >= 15 is 0 Å². The predicted octanol–water partition coefficient (Wildman–Crippen LogP) is 16.0. The van der Waals surface area contributed by atoms with E-state index < -0.39 is 0 Å². The molecule has 0 N–H and O–H groups in total. The van der Waals surface area contributed by atoms with Gasteiger partial charge in [-0.15, -0.1) is 11.3 Å². The summed E-state index contributed by atoms with van der Waals surface area (Å²) in [7, 11) is 0. The van der Waals surface area contributed by atoms with Gasteiger partial charge in [-0.25, -0.2) is 0 Å². The number of hydrogen-bond acceptors (Lipinski definition) is 4. The maximum atomic E-state index is 6.37. The molecule has 276 valence electrons. The zero-order chi connectivity index (χ0) is 38.6. The van der Waals surface area contributed by atoms with Crippen LogP contribution in [0.4, 0.5) is 34.1 Å². The third-order valence-corrected chi connectivity index (χ3v) is 13.2. The van der Waals surface area contributed by atoms with Crippen LogP contribution in [0.5, 0.6) is 0 Å². The molecule has 0 saturated carbocycles. The maximum absolute atomic E-state index is 6.37. The molecule has 0 radical (unpaired) electrons. The number of anilines is 6. The van der Waals surface area contributed by atoms with Crippen LogP contribution >= 0.6 is 11.3 Å². The Bertz CT molecular complexity index is 3440. The van der Waals surface area contributed by atoms with E-state index in [1.807, 2.05) is 17.4 Å². The molecule has 12 aromatic rings. The van der Waals surface area contributed by atoms with Gasteiger partial charge < -0.3 is 18.8 Å². The average Bonchev–Trinajstić information content (AvgIpc) is 3.97. The summed E-state index contributed by atoms with van der Waals surface area (Å²) in [5.74, 6) is 0. The molecule has 9 aromatic carbocycles. The molecule has 13 rings (SSSR count). The van der Waals surface area contributed by atoms with Crippen molar-refractivity contribution >= 4 is 109 Å². The molecule has 0 spiro atoms. The van der Waals surface area contributed by atoms with Crippen molar-refractivity contribution in [2.75, 3.05) is 9.80 Å². The van der Waals surface area contributed by atoms with E-state index in [1.54, 1.807) is 0 Å². The van der Waals surface area contributed by atoms with Crippen molar-refractivity contribution in [3.05, 3.63) is 200 Å². The minimum Gasteiger partial charge on any atom is -0.456 e. The van der Waals surface area contributed by atoms with Crippen molar-refractivity contribution in [1.29, 1.82) is 0 Å². The molecule has 1 aliphatic rings. The molecule has 4 nitrogen and oxygen atoms in total. The van der Waals surface area contributed by atoms with Crippen LogP contribution in [0.3, 0.4) is 0 Å². The molecule has 2 bridgehead atoms. The normalized spacial score (nSPS) is 12.7. The van der Waals surface area contributed by atoms with Gasteiger partial charge in [-0.1, -0.05) is 97.1 Å². The van der Waals surface area contributed by atoms with Crippen molar-refractivity contribution in [3.8, 4) is 16.8 Å². The van der Waals surface area contributed by atoms with Gasteiger partial charge in [0, 0.05) is 70.2 Å². The average molecular weight is 772 g/mol. The van der Waals surface area contributed by atoms with Gasteiger partial charge in [0.15, 0.2) is 0 Å². The van der Waals surface area contributed by atoms with Gasteiger partial charge in [0.1, 0.15) is 11.2 Å². The van der Waals surface area contributed by atoms with Crippen LogP contribution in [0.1, 0.15) is 0 Å². The Morgan fingerprint density at radius 1 is 0.339 bits per heavy atom. The highest BCUT2D eigenvalue weighted by molar-refractivity contribution is 7.25. The summed E-state index contributed by atoms with van der Waals surface area (Å²) in [6, 6.07) is 72.9. The molecule has 4 heterocycles. The van der Waals surface area contributed by atoms with Crippen molar-refractivity contribution in [2.45, 2.75) is 0 Å². The molecular weight excluding hydrogens is 739 g/mol. The van der Waals surface area contributed by atoms with Gasteiger partial charge in [0.25, 0.3) is 0 Å². The summed E-state index contributed by atoms with van der Waals surface area (Å²) >= 11 is 1.85. The number of furan rings is 1.